The molecule has 1 N–H and O–H groups in total. The molecule has 0 bridgehead atoms. The molecule has 0 heterocycles. The average molecular weight is 324 g/mol. The zero-order chi connectivity index (χ0) is 17.1. The summed E-state index contributed by atoms with van der Waals surface area (Å²) in [7, 11) is 0. The van der Waals surface area contributed by atoms with Crippen molar-refractivity contribution in [3.8, 4) is 0 Å². The van der Waals surface area contributed by atoms with Gasteiger partial charge in [0.2, 0.25) is 0 Å². The van der Waals surface area contributed by atoms with E-state index in [2.05, 4.69) is 12.2 Å². The van der Waals surface area contributed by atoms with Crippen molar-refractivity contribution in [3.05, 3.63) is 12.2 Å². The summed E-state index contributed by atoms with van der Waals surface area (Å²) in [6, 6.07) is 0. The van der Waals surface area contributed by atoms with Gasteiger partial charge in [-0.1, -0.05) is 31.9 Å². The van der Waals surface area contributed by atoms with E-state index in [0.717, 1.165) is 38.5 Å². The number of carbonyl (C=O) groups excluding carboxylic acids is 2. The van der Waals surface area contributed by atoms with Gasteiger partial charge >= 0.3 is 5.97 Å². The van der Waals surface area contributed by atoms with Gasteiger partial charge in [0.25, 0.3) is 0 Å². The van der Waals surface area contributed by atoms with Crippen LogP contribution >= 0.6 is 0 Å². The number of aliphatic hydroxyl groups is 1. The molecule has 0 aromatic carbocycles. The molecule has 0 spiro atoms. The molecule has 0 unspecified atom stereocenters. The van der Waals surface area contributed by atoms with Gasteiger partial charge in [0.05, 0.1) is 6.61 Å². The largest absolute Gasteiger partial charge is 0.466 e. The highest BCUT2D eigenvalue weighted by Gasteiger charge is 2.40. The third-order valence-corrected chi connectivity index (χ3v) is 4.70. The summed E-state index contributed by atoms with van der Waals surface area (Å²) in [6.07, 6.45) is 11.2. The van der Waals surface area contributed by atoms with Crippen molar-refractivity contribution in [1.29, 1.82) is 0 Å². The van der Waals surface area contributed by atoms with E-state index in [0.29, 0.717) is 25.2 Å². The van der Waals surface area contributed by atoms with Crippen LogP contribution in [-0.4, -0.2) is 30.1 Å². The Kier molecular flexibility index (Phi) is 9.85. The minimum absolute atomic E-state index is 0.0556. The van der Waals surface area contributed by atoms with Crippen molar-refractivity contribution in [3.63, 3.8) is 0 Å². The van der Waals surface area contributed by atoms with Crippen molar-refractivity contribution in [2.45, 2.75) is 65.2 Å². The van der Waals surface area contributed by atoms with Crippen molar-refractivity contribution < 1.29 is 19.4 Å². The number of ether oxygens (including phenoxy) is 1. The van der Waals surface area contributed by atoms with Crippen molar-refractivity contribution in [1.82, 2.24) is 0 Å². The smallest absolute Gasteiger partial charge is 0.306 e. The van der Waals surface area contributed by atoms with Crippen LogP contribution in [0.3, 0.4) is 0 Å². The number of esters is 1. The Morgan fingerprint density at radius 3 is 2.65 bits per heavy atom. The number of rotatable bonds is 11. The molecule has 4 nitrogen and oxygen atoms in total. The van der Waals surface area contributed by atoms with E-state index < -0.39 is 0 Å². The fraction of sp³-hybridized carbons (Fsp3) is 0.789. The number of ketones is 1. The normalized spacial score (nSPS) is 24.5. The second kappa shape index (κ2) is 11.4. The summed E-state index contributed by atoms with van der Waals surface area (Å²) < 4.78 is 5.04. The second-order valence-corrected chi connectivity index (χ2v) is 6.39. The highest BCUT2D eigenvalue weighted by molar-refractivity contribution is 5.85. The Morgan fingerprint density at radius 1 is 1.26 bits per heavy atom. The van der Waals surface area contributed by atoms with Crippen LogP contribution in [-0.2, 0) is 14.3 Å². The maximum atomic E-state index is 12.2. The first-order valence-corrected chi connectivity index (χ1v) is 9.09. The monoisotopic (exact) mass is 324 g/mol. The molecule has 3 atom stereocenters. The van der Waals surface area contributed by atoms with E-state index in [4.69, 9.17) is 9.84 Å². The first kappa shape index (κ1) is 19.9. The highest BCUT2D eigenvalue weighted by Crippen LogP contribution is 2.39. The van der Waals surface area contributed by atoms with Crippen LogP contribution in [0.15, 0.2) is 12.2 Å². The zero-order valence-corrected chi connectivity index (χ0v) is 14.6. The fourth-order valence-electron chi connectivity index (χ4n) is 3.50. The van der Waals surface area contributed by atoms with Crippen LogP contribution in [0.1, 0.15) is 65.2 Å². The molecule has 1 aliphatic rings. The quantitative estimate of drug-likeness (QED) is 0.358. The number of unbranched alkanes of at least 4 members (excludes halogenated alkanes) is 4. The third kappa shape index (κ3) is 6.86. The Bertz CT molecular complexity index is 389. The summed E-state index contributed by atoms with van der Waals surface area (Å²) >= 11 is 0. The van der Waals surface area contributed by atoms with Crippen LogP contribution in [0.5, 0.6) is 0 Å². The van der Waals surface area contributed by atoms with E-state index in [1.54, 1.807) is 6.92 Å². The van der Waals surface area contributed by atoms with E-state index in [9.17, 15) is 9.59 Å². The molecule has 1 fully saturated rings. The molecule has 132 valence electrons. The number of carbonyl (C=O) groups is 2. The Morgan fingerprint density at radius 2 is 2.00 bits per heavy atom. The SMILES string of the molecule is CCOC(=O)C[C@H]1CC(=O)[C@H](CC)[C@H]1/C=C/CCCCCCO. The summed E-state index contributed by atoms with van der Waals surface area (Å²) in [6.45, 7) is 4.52. The number of hydrogen-bond donors (Lipinski definition) is 1. The summed E-state index contributed by atoms with van der Waals surface area (Å²) in [5, 5.41) is 8.75. The molecule has 0 aromatic rings. The van der Waals surface area contributed by atoms with E-state index in [1.165, 1.54) is 0 Å². The van der Waals surface area contributed by atoms with Crippen LogP contribution in [0, 0.1) is 17.8 Å². The second-order valence-electron chi connectivity index (χ2n) is 6.39. The zero-order valence-electron chi connectivity index (χ0n) is 14.6. The maximum Gasteiger partial charge on any atom is 0.306 e. The van der Waals surface area contributed by atoms with Crippen molar-refractivity contribution in [2.75, 3.05) is 13.2 Å². The summed E-state index contributed by atoms with van der Waals surface area (Å²) in [5.74, 6) is 0.426. The number of hydrogen-bond acceptors (Lipinski definition) is 4. The standard InChI is InChI=1S/C19H32O4/c1-3-16-17(11-9-7-5-6-8-10-12-20)15(13-18(16)21)14-19(22)23-4-2/h9,11,15-17,20H,3-8,10,12-14H2,1-2H3/b11-9+/t15-,16-,17+/m1/s1. The van der Waals surface area contributed by atoms with Gasteiger partial charge < -0.3 is 9.84 Å². The molecule has 0 aliphatic heterocycles. The molecule has 1 rings (SSSR count). The minimum atomic E-state index is -0.190. The third-order valence-electron chi connectivity index (χ3n) is 4.70. The van der Waals surface area contributed by atoms with Crippen LogP contribution in [0.25, 0.3) is 0 Å². The maximum absolute atomic E-state index is 12.2. The van der Waals surface area contributed by atoms with Gasteiger partial charge in [0.15, 0.2) is 0 Å². The lowest BCUT2D eigenvalue weighted by atomic mass is 9.85. The van der Waals surface area contributed by atoms with Crippen molar-refractivity contribution >= 4 is 11.8 Å². The highest BCUT2D eigenvalue weighted by atomic mass is 16.5. The molecule has 0 radical (unpaired) electrons. The first-order chi connectivity index (χ1) is 11.1. The minimum Gasteiger partial charge on any atom is -0.466 e. The van der Waals surface area contributed by atoms with Crippen LogP contribution < -0.4 is 0 Å². The predicted octanol–water partition coefficient (Wildman–Crippen LogP) is 3.67. The lowest BCUT2D eigenvalue weighted by Gasteiger charge is -2.19. The number of aliphatic hydroxyl groups excluding tert-OH is 1. The van der Waals surface area contributed by atoms with Gasteiger partial charge in [-0.05, 0) is 44.4 Å². The number of Topliss-reactive ketones (excluding diaryl/α,β-unsaturated/α-hetero) is 1. The lowest BCUT2D eigenvalue weighted by Crippen LogP contribution is -2.18. The van der Waals surface area contributed by atoms with Gasteiger partial charge in [-0.25, -0.2) is 0 Å². The van der Waals surface area contributed by atoms with Gasteiger partial charge in [-0.2, -0.15) is 0 Å². The molecule has 23 heavy (non-hydrogen) atoms. The summed E-state index contributed by atoms with van der Waals surface area (Å²) in [4.78, 5) is 23.9. The van der Waals surface area contributed by atoms with Gasteiger partial charge in [0.1, 0.15) is 5.78 Å². The molecule has 1 aliphatic carbocycles. The van der Waals surface area contributed by atoms with Crippen molar-refractivity contribution in [2.24, 2.45) is 17.8 Å². The van der Waals surface area contributed by atoms with Gasteiger partial charge in [0, 0.05) is 25.4 Å². The summed E-state index contributed by atoms with van der Waals surface area (Å²) in [5.41, 5.74) is 0. The first-order valence-electron chi connectivity index (χ1n) is 9.09. The molecular weight excluding hydrogens is 292 g/mol. The molecule has 0 amide bonds. The Hall–Kier alpha value is -1.16. The average Bonchev–Trinajstić information content (AvgIpc) is 2.81. The Labute approximate surface area is 140 Å². The van der Waals surface area contributed by atoms with Gasteiger partial charge in [-0.15, -0.1) is 0 Å². The predicted molar refractivity (Wildman–Crippen MR) is 90.9 cm³/mol. The molecular formula is C19H32O4. The topological polar surface area (TPSA) is 63.6 Å². The molecule has 0 aromatic heterocycles. The van der Waals surface area contributed by atoms with Gasteiger partial charge in [-0.3, -0.25) is 9.59 Å². The van der Waals surface area contributed by atoms with E-state index in [1.807, 2.05) is 6.92 Å². The van der Waals surface area contributed by atoms with E-state index in [-0.39, 0.29) is 30.3 Å². The van der Waals surface area contributed by atoms with Crippen LogP contribution in [0.4, 0.5) is 0 Å². The molecule has 1 saturated carbocycles. The molecule has 4 heteroatoms. The number of allylic oxidation sites excluding steroid dienone is 2. The fourth-order valence-corrected chi connectivity index (χ4v) is 3.50. The lowest BCUT2D eigenvalue weighted by molar-refractivity contribution is -0.144. The van der Waals surface area contributed by atoms with Crippen LogP contribution in [0.2, 0.25) is 0 Å². The van der Waals surface area contributed by atoms with E-state index >= 15 is 0 Å². The Balaban J connectivity index is 2.50. The molecule has 0 saturated heterocycles.